The summed E-state index contributed by atoms with van der Waals surface area (Å²) in [5.74, 6) is -0.240. The van der Waals surface area contributed by atoms with Crippen LogP contribution in [0.2, 0.25) is 20.1 Å². The first-order chi connectivity index (χ1) is 29.5. The van der Waals surface area contributed by atoms with Crippen LogP contribution in [0.15, 0.2) is 72.8 Å². The zero-order chi connectivity index (χ0) is 48.0. The van der Waals surface area contributed by atoms with Gasteiger partial charge in [0.1, 0.15) is 5.78 Å². The number of carbonyl (C=O) groups excluding carboxylic acids is 3. The molecule has 0 bridgehead atoms. The van der Waals surface area contributed by atoms with Gasteiger partial charge >= 0.3 is 36.9 Å². The Morgan fingerprint density at radius 3 is 1.30 bits per heavy atom. The summed E-state index contributed by atoms with van der Waals surface area (Å²) in [6.07, 6.45) is -23.1. The number of Topliss-reactive ketones (excluding diaryl/α,β-unsaturated/α-hetero) is 1. The van der Waals surface area contributed by atoms with Gasteiger partial charge < -0.3 is 15.2 Å². The molecular formula is C40H29Cl4F12N3O5. The van der Waals surface area contributed by atoms with Gasteiger partial charge in [0.25, 0.3) is 11.2 Å². The Hall–Kier alpha value is -4.63. The normalized spacial score (nSPS) is 19.3. The number of alkyl halides is 12. The van der Waals surface area contributed by atoms with E-state index >= 15 is 0 Å². The lowest BCUT2D eigenvalue weighted by Gasteiger charge is -2.30. The number of ether oxygens (including phenoxy) is 2. The van der Waals surface area contributed by atoms with E-state index in [9.17, 15) is 67.1 Å². The first-order valence-electron chi connectivity index (χ1n) is 18.2. The van der Waals surface area contributed by atoms with Crippen molar-refractivity contribution in [2.75, 3.05) is 22.9 Å². The molecule has 2 heterocycles. The first kappa shape index (κ1) is 50.4. The molecule has 2 aliphatic heterocycles. The van der Waals surface area contributed by atoms with E-state index in [1.54, 1.807) is 6.92 Å². The molecule has 6 rings (SSSR count). The van der Waals surface area contributed by atoms with E-state index in [-0.39, 0.29) is 56.3 Å². The number of amides is 2. The topological polar surface area (TPSA) is 102 Å². The molecule has 8 nitrogen and oxygen atoms in total. The molecule has 0 spiro atoms. The van der Waals surface area contributed by atoms with Gasteiger partial charge in [0.05, 0.1) is 24.2 Å². The third-order valence-electron chi connectivity index (χ3n) is 10.0. The van der Waals surface area contributed by atoms with Gasteiger partial charge in [-0.05, 0) is 78.2 Å². The van der Waals surface area contributed by atoms with Gasteiger partial charge in [-0.15, -0.1) is 0 Å². The molecule has 0 aromatic heterocycles. The van der Waals surface area contributed by atoms with Crippen LogP contribution in [0.1, 0.15) is 53.1 Å². The van der Waals surface area contributed by atoms with Gasteiger partial charge in [-0.2, -0.15) is 52.7 Å². The van der Waals surface area contributed by atoms with Crippen molar-refractivity contribution in [2.24, 2.45) is 5.73 Å². The summed E-state index contributed by atoms with van der Waals surface area (Å²) in [6, 6.07) is 11.4. The lowest BCUT2D eigenvalue weighted by Crippen LogP contribution is -2.46. The predicted molar refractivity (Wildman–Crippen MR) is 210 cm³/mol. The van der Waals surface area contributed by atoms with Crippen LogP contribution in [-0.2, 0) is 50.8 Å². The Balaban J connectivity index is 0.000000243. The summed E-state index contributed by atoms with van der Waals surface area (Å²) >= 11 is 23.2. The Morgan fingerprint density at radius 2 is 0.969 bits per heavy atom. The third-order valence-corrected chi connectivity index (χ3v) is 10.9. The lowest BCUT2D eigenvalue weighted by atomic mass is 9.92. The van der Waals surface area contributed by atoms with Crippen molar-refractivity contribution in [2.45, 2.75) is 68.6 Å². The molecule has 2 unspecified atom stereocenters. The molecule has 4 aromatic rings. The van der Waals surface area contributed by atoms with E-state index < -0.39 is 101 Å². The van der Waals surface area contributed by atoms with E-state index in [0.717, 1.165) is 48.5 Å². The first-order valence-corrected chi connectivity index (χ1v) is 19.7. The quantitative estimate of drug-likeness (QED) is 0.168. The molecule has 2 amide bonds. The van der Waals surface area contributed by atoms with Gasteiger partial charge in [-0.3, -0.25) is 14.6 Å². The average Bonchev–Trinajstić information content (AvgIpc) is 3.74. The van der Waals surface area contributed by atoms with Crippen molar-refractivity contribution in [3.63, 3.8) is 0 Å². The number of cyclic esters (lactones) is 2. The molecule has 24 heteroatoms. The second-order valence-electron chi connectivity index (χ2n) is 14.1. The summed E-state index contributed by atoms with van der Waals surface area (Å²) in [6.45, 7) is -1.16. The molecule has 2 fully saturated rings. The second kappa shape index (κ2) is 18.3. The summed E-state index contributed by atoms with van der Waals surface area (Å²) in [7, 11) is 0. The van der Waals surface area contributed by atoms with Gasteiger partial charge in [0.15, 0.2) is 0 Å². The number of benzene rings is 4. The SMILES string of the molecule is CCC(=O)CCc1ccc(N2CC(c3cc(Cl)cc(Cl)c3)(C(F)(F)F)OC2=O)cc1C(F)(F)F.NCc1ccc(N2CC(c3cc(Cl)cc(Cl)c3)(C(F)(F)F)OC2=O)cc1C(F)(F)F. The summed E-state index contributed by atoms with van der Waals surface area (Å²) in [5.41, 5.74) is -5.88. The maximum atomic E-state index is 14.2. The zero-order valence-electron chi connectivity index (χ0n) is 32.2. The Morgan fingerprint density at radius 1 is 0.609 bits per heavy atom. The molecule has 2 N–H and O–H groups in total. The van der Waals surface area contributed by atoms with Gasteiger partial charge in [0.2, 0.25) is 0 Å². The minimum absolute atomic E-state index is 0.128. The number of hydrogen-bond donors (Lipinski definition) is 1. The molecule has 64 heavy (non-hydrogen) atoms. The number of hydrogen-bond acceptors (Lipinski definition) is 6. The van der Waals surface area contributed by atoms with Crippen LogP contribution in [0.5, 0.6) is 0 Å². The molecular weight excluding hydrogens is 972 g/mol. The van der Waals surface area contributed by atoms with E-state index in [4.69, 9.17) is 61.6 Å². The molecule has 4 aromatic carbocycles. The minimum Gasteiger partial charge on any atom is -0.426 e. The molecule has 346 valence electrons. The number of aryl methyl sites for hydroxylation is 1. The molecule has 0 aliphatic carbocycles. The predicted octanol–water partition coefficient (Wildman–Crippen LogP) is 13.2. The summed E-state index contributed by atoms with van der Waals surface area (Å²) in [5, 5.41) is -0.568. The van der Waals surface area contributed by atoms with Gasteiger partial charge in [0, 0.05) is 62.0 Å². The van der Waals surface area contributed by atoms with Crippen molar-refractivity contribution >= 4 is 75.7 Å². The molecule has 0 radical (unpaired) electrons. The van der Waals surface area contributed by atoms with Crippen LogP contribution < -0.4 is 15.5 Å². The van der Waals surface area contributed by atoms with Crippen LogP contribution >= 0.6 is 46.4 Å². The number of halogens is 16. The highest BCUT2D eigenvalue weighted by Crippen LogP contribution is 2.51. The Kier molecular flexibility index (Phi) is 14.4. The lowest BCUT2D eigenvalue weighted by molar-refractivity contribution is -0.250. The van der Waals surface area contributed by atoms with Crippen molar-refractivity contribution in [3.8, 4) is 0 Å². The minimum atomic E-state index is -5.14. The van der Waals surface area contributed by atoms with Gasteiger partial charge in [-0.25, -0.2) is 9.59 Å². The fraction of sp³-hybridized carbons (Fsp3) is 0.325. The maximum absolute atomic E-state index is 14.2. The fourth-order valence-corrected chi connectivity index (χ4v) is 7.83. The third kappa shape index (κ3) is 10.4. The average molecular weight is 1000 g/mol. The largest absolute Gasteiger partial charge is 0.434 e. The Labute approximate surface area is 374 Å². The Bertz CT molecular complexity index is 2410. The smallest absolute Gasteiger partial charge is 0.426 e. The maximum Gasteiger partial charge on any atom is 0.434 e. The number of nitrogens with two attached hydrogens (primary N) is 1. The molecule has 2 aliphatic rings. The number of rotatable bonds is 9. The van der Waals surface area contributed by atoms with Crippen molar-refractivity contribution in [1.29, 1.82) is 0 Å². The van der Waals surface area contributed by atoms with Crippen molar-refractivity contribution in [1.82, 2.24) is 0 Å². The van der Waals surface area contributed by atoms with Crippen LogP contribution in [0.3, 0.4) is 0 Å². The van der Waals surface area contributed by atoms with Crippen LogP contribution in [-0.4, -0.2) is 43.4 Å². The van der Waals surface area contributed by atoms with Crippen molar-refractivity contribution in [3.05, 3.63) is 126 Å². The number of ketones is 1. The fourth-order valence-electron chi connectivity index (χ4n) is 6.78. The second-order valence-corrected chi connectivity index (χ2v) is 15.9. The summed E-state index contributed by atoms with van der Waals surface area (Å²) in [4.78, 5) is 37.3. The number of nitrogens with zero attached hydrogens (tertiary/aromatic N) is 2. The molecule has 2 atom stereocenters. The van der Waals surface area contributed by atoms with Crippen molar-refractivity contribution < 1.29 is 76.5 Å². The van der Waals surface area contributed by atoms with E-state index in [0.29, 0.717) is 21.9 Å². The van der Waals surface area contributed by atoms with E-state index in [2.05, 4.69) is 0 Å². The number of carbonyl (C=O) groups is 3. The standard InChI is InChI=1S/C22H17Cl2F6NO3.C18H12Cl2F6N2O2/c1-2-17(32)6-4-12-3-5-16(10-18(12)21(25,26)27)31-11-20(22(28,29)30,34-19(31)33)13-7-14(23)9-15(24)8-13;19-11-3-10(4-12(20)5-11)16(18(24,25)26)8-28(15(29)30-16)13-2-1-9(7-27)14(6-13)17(21,22)23/h3,5,7-10H,2,4,6,11H2,1H3;1-6H,7-8,27H2. The van der Waals surface area contributed by atoms with E-state index in [1.807, 2.05) is 0 Å². The summed E-state index contributed by atoms with van der Waals surface area (Å²) < 4.78 is 175. The van der Waals surface area contributed by atoms with Crippen LogP contribution in [0.4, 0.5) is 73.6 Å². The monoisotopic (exact) mass is 999 g/mol. The number of anilines is 2. The molecule has 2 saturated heterocycles. The highest BCUT2D eigenvalue weighted by molar-refractivity contribution is 6.35. The van der Waals surface area contributed by atoms with Crippen LogP contribution in [0.25, 0.3) is 0 Å². The van der Waals surface area contributed by atoms with Crippen LogP contribution in [0, 0.1) is 0 Å². The molecule has 0 saturated carbocycles. The zero-order valence-corrected chi connectivity index (χ0v) is 35.3. The highest BCUT2D eigenvalue weighted by Gasteiger charge is 2.66. The highest BCUT2D eigenvalue weighted by atomic mass is 35.5. The van der Waals surface area contributed by atoms with E-state index in [1.165, 1.54) is 12.1 Å². The van der Waals surface area contributed by atoms with Gasteiger partial charge in [-0.1, -0.05) is 65.5 Å².